The van der Waals surface area contributed by atoms with E-state index in [0.717, 1.165) is 31.4 Å². The zero-order valence-electron chi connectivity index (χ0n) is 18.6. The first-order valence-electron chi connectivity index (χ1n) is 10.8. The number of hydrogen-bond donors (Lipinski definition) is 1. The van der Waals surface area contributed by atoms with Crippen LogP contribution < -0.4 is 10.1 Å². The molecule has 1 aromatic heterocycles. The quantitative estimate of drug-likeness (QED) is 0.633. The number of hydrogen-bond acceptors (Lipinski definition) is 6. The molecule has 0 radical (unpaired) electrons. The van der Waals surface area contributed by atoms with E-state index in [-0.39, 0.29) is 31.1 Å². The molecular weight excluding hydrogens is 416 g/mol. The Kier molecular flexibility index (Phi) is 7.54. The summed E-state index contributed by atoms with van der Waals surface area (Å²) in [6, 6.07) is 3.90. The molecule has 0 spiro atoms. The summed E-state index contributed by atoms with van der Waals surface area (Å²) in [5, 5.41) is 3.89. The third-order valence-corrected chi connectivity index (χ3v) is 6.65. The maximum Gasteiger partial charge on any atom is 0.341 e. The van der Waals surface area contributed by atoms with Crippen molar-refractivity contribution in [2.75, 3.05) is 25.1 Å². The first-order chi connectivity index (χ1) is 14.9. The summed E-state index contributed by atoms with van der Waals surface area (Å²) >= 11 is 1.27. The Morgan fingerprint density at radius 3 is 2.68 bits per heavy atom. The van der Waals surface area contributed by atoms with Crippen LogP contribution in [0.1, 0.15) is 62.4 Å². The van der Waals surface area contributed by atoms with E-state index in [9.17, 15) is 14.4 Å². The Balaban J connectivity index is 1.94. The van der Waals surface area contributed by atoms with Crippen molar-refractivity contribution >= 4 is 44.2 Å². The lowest BCUT2D eigenvalue weighted by Crippen LogP contribution is -2.44. The molecule has 1 saturated heterocycles. The van der Waals surface area contributed by atoms with Crippen molar-refractivity contribution in [1.82, 2.24) is 4.90 Å². The molecule has 168 valence electrons. The zero-order valence-corrected chi connectivity index (χ0v) is 19.4. The SMILES string of the molecule is CCOC(=O)c1c(NC(=O)CC)sc2c(OCC(=O)N3CCCC[C@H]3C)c(C)ccc12. The molecule has 0 aliphatic carbocycles. The number of benzene rings is 1. The Hall–Kier alpha value is -2.61. The van der Waals surface area contributed by atoms with E-state index in [2.05, 4.69) is 12.2 Å². The number of thiophene rings is 1. The molecule has 31 heavy (non-hydrogen) atoms. The van der Waals surface area contributed by atoms with Crippen LogP contribution in [0.5, 0.6) is 5.75 Å². The van der Waals surface area contributed by atoms with Gasteiger partial charge < -0.3 is 19.7 Å². The van der Waals surface area contributed by atoms with Gasteiger partial charge in [-0.3, -0.25) is 9.59 Å². The number of ether oxygens (including phenoxy) is 2. The van der Waals surface area contributed by atoms with Crippen LogP contribution >= 0.6 is 11.3 Å². The molecular formula is C23H30N2O5S. The Labute approximate surface area is 186 Å². The minimum atomic E-state index is -0.492. The van der Waals surface area contributed by atoms with Crippen LogP contribution in [0.2, 0.25) is 0 Å². The molecule has 8 heteroatoms. The van der Waals surface area contributed by atoms with Gasteiger partial charge in [-0.1, -0.05) is 19.1 Å². The Morgan fingerprint density at radius 2 is 2.00 bits per heavy atom. The van der Waals surface area contributed by atoms with Gasteiger partial charge in [0.1, 0.15) is 16.3 Å². The monoisotopic (exact) mass is 446 g/mol. The van der Waals surface area contributed by atoms with Gasteiger partial charge in [0.25, 0.3) is 5.91 Å². The fourth-order valence-electron chi connectivity index (χ4n) is 3.81. The zero-order chi connectivity index (χ0) is 22.5. The van der Waals surface area contributed by atoms with E-state index in [1.165, 1.54) is 11.3 Å². The highest BCUT2D eigenvalue weighted by molar-refractivity contribution is 7.24. The van der Waals surface area contributed by atoms with Gasteiger partial charge in [-0.05, 0) is 45.6 Å². The van der Waals surface area contributed by atoms with E-state index >= 15 is 0 Å². The van der Waals surface area contributed by atoms with Gasteiger partial charge in [0.05, 0.1) is 11.3 Å². The predicted molar refractivity (Wildman–Crippen MR) is 122 cm³/mol. The van der Waals surface area contributed by atoms with Crippen molar-refractivity contribution in [3.63, 3.8) is 0 Å². The second-order valence-corrected chi connectivity index (χ2v) is 8.76. The maximum atomic E-state index is 12.8. The first-order valence-corrected chi connectivity index (χ1v) is 11.6. The molecule has 1 aromatic carbocycles. The fourth-order valence-corrected chi connectivity index (χ4v) is 5.07. The number of fused-ring (bicyclic) bond motifs is 1. The molecule has 2 aromatic rings. The standard InChI is InChI=1S/C23H30N2O5S/c1-5-17(26)24-22-19(23(28)29-6-2)16-11-10-14(3)20(21(16)31-22)30-13-18(27)25-12-8-7-9-15(25)4/h10-11,15H,5-9,12-13H2,1-4H3,(H,24,26)/t15-/m1/s1. The molecule has 1 aliphatic heterocycles. The van der Waals surface area contributed by atoms with Crippen molar-refractivity contribution in [1.29, 1.82) is 0 Å². The number of piperidine rings is 1. The van der Waals surface area contributed by atoms with Crippen LogP contribution in [0.25, 0.3) is 10.1 Å². The number of carbonyl (C=O) groups excluding carboxylic acids is 3. The van der Waals surface area contributed by atoms with Crippen molar-refractivity contribution in [3.8, 4) is 5.75 Å². The highest BCUT2D eigenvalue weighted by atomic mass is 32.1. The number of nitrogens with zero attached hydrogens (tertiary/aromatic N) is 1. The van der Waals surface area contributed by atoms with Crippen LogP contribution in [-0.2, 0) is 14.3 Å². The van der Waals surface area contributed by atoms with Crippen molar-refractivity contribution in [3.05, 3.63) is 23.3 Å². The molecule has 0 bridgehead atoms. The van der Waals surface area contributed by atoms with Gasteiger partial charge >= 0.3 is 5.97 Å². The van der Waals surface area contributed by atoms with Crippen molar-refractivity contribution in [2.45, 2.75) is 59.4 Å². The summed E-state index contributed by atoms with van der Waals surface area (Å²) < 4.78 is 11.9. The first kappa shape index (κ1) is 23.1. The molecule has 0 saturated carbocycles. The number of aryl methyl sites for hydroxylation is 1. The average molecular weight is 447 g/mol. The van der Waals surface area contributed by atoms with E-state index in [0.29, 0.717) is 32.8 Å². The largest absolute Gasteiger partial charge is 0.482 e. The number of amides is 2. The molecule has 2 amide bonds. The highest BCUT2D eigenvalue weighted by Crippen LogP contribution is 2.43. The van der Waals surface area contributed by atoms with E-state index in [1.807, 2.05) is 24.0 Å². The maximum absolute atomic E-state index is 12.8. The van der Waals surface area contributed by atoms with Crippen LogP contribution in [0.15, 0.2) is 12.1 Å². The van der Waals surface area contributed by atoms with Gasteiger partial charge in [0, 0.05) is 24.4 Å². The van der Waals surface area contributed by atoms with Gasteiger partial charge in [-0.15, -0.1) is 11.3 Å². The molecule has 0 unspecified atom stereocenters. The predicted octanol–water partition coefficient (Wildman–Crippen LogP) is 4.51. The molecule has 2 heterocycles. The smallest absolute Gasteiger partial charge is 0.341 e. The van der Waals surface area contributed by atoms with Crippen LogP contribution in [0.4, 0.5) is 5.00 Å². The third-order valence-electron chi connectivity index (χ3n) is 5.53. The van der Waals surface area contributed by atoms with Gasteiger partial charge in [0.15, 0.2) is 6.61 Å². The molecule has 7 nitrogen and oxygen atoms in total. The molecule has 1 atom stereocenters. The Morgan fingerprint density at radius 1 is 1.23 bits per heavy atom. The minimum Gasteiger partial charge on any atom is -0.482 e. The fraction of sp³-hybridized carbons (Fsp3) is 0.522. The van der Waals surface area contributed by atoms with Gasteiger partial charge in [-0.2, -0.15) is 0 Å². The summed E-state index contributed by atoms with van der Waals surface area (Å²) in [6.45, 7) is 8.38. The molecule has 3 rings (SSSR count). The topological polar surface area (TPSA) is 84.9 Å². The molecule has 1 N–H and O–H groups in total. The highest BCUT2D eigenvalue weighted by Gasteiger charge is 2.26. The number of rotatable bonds is 7. The van der Waals surface area contributed by atoms with Crippen LogP contribution in [0.3, 0.4) is 0 Å². The van der Waals surface area contributed by atoms with Crippen molar-refractivity contribution < 1.29 is 23.9 Å². The summed E-state index contributed by atoms with van der Waals surface area (Å²) in [5.74, 6) is -0.160. The lowest BCUT2D eigenvalue weighted by Gasteiger charge is -2.33. The van der Waals surface area contributed by atoms with Gasteiger partial charge in [0.2, 0.25) is 5.91 Å². The number of esters is 1. The summed E-state index contributed by atoms with van der Waals surface area (Å²) in [6.07, 6.45) is 3.46. The number of carbonyl (C=O) groups is 3. The number of anilines is 1. The van der Waals surface area contributed by atoms with Crippen LogP contribution in [-0.4, -0.2) is 48.5 Å². The Bertz CT molecular complexity index is 984. The van der Waals surface area contributed by atoms with E-state index in [1.54, 1.807) is 13.8 Å². The second-order valence-electron chi connectivity index (χ2n) is 7.74. The minimum absolute atomic E-state index is 0.0368. The summed E-state index contributed by atoms with van der Waals surface area (Å²) in [7, 11) is 0. The summed E-state index contributed by atoms with van der Waals surface area (Å²) in [5.41, 5.74) is 1.18. The normalized spacial score (nSPS) is 16.3. The number of likely N-dealkylation sites (tertiary alicyclic amines) is 1. The lowest BCUT2D eigenvalue weighted by atomic mass is 10.0. The van der Waals surface area contributed by atoms with E-state index in [4.69, 9.17) is 9.47 Å². The average Bonchev–Trinajstić information content (AvgIpc) is 3.11. The summed E-state index contributed by atoms with van der Waals surface area (Å²) in [4.78, 5) is 39.3. The lowest BCUT2D eigenvalue weighted by molar-refractivity contribution is -0.136. The molecule has 1 aliphatic rings. The van der Waals surface area contributed by atoms with Crippen LogP contribution in [0, 0.1) is 6.92 Å². The number of nitrogens with one attached hydrogen (secondary N) is 1. The van der Waals surface area contributed by atoms with E-state index < -0.39 is 5.97 Å². The third kappa shape index (κ3) is 5.01. The second kappa shape index (κ2) is 10.1. The van der Waals surface area contributed by atoms with Gasteiger partial charge in [-0.25, -0.2) is 4.79 Å². The van der Waals surface area contributed by atoms with Crippen molar-refractivity contribution in [2.24, 2.45) is 0 Å². The molecule has 1 fully saturated rings.